The van der Waals surface area contributed by atoms with Gasteiger partial charge in [0.2, 0.25) is 0 Å². The summed E-state index contributed by atoms with van der Waals surface area (Å²) in [6.45, 7) is 5.04. The van der Waals surface area contributed by atoms with E-state index < -0.39 is 8.80 Å². The van der Waals surface area contributed by atoms with E-state index in [4.69, 9.17) is 0 Å². The van der Waals surface area contributed by atoms with E-state index >= 15 is 0 Å². The second-order valence-corrected chi connectivity index (χ2v) is 9.54. The molecule has 0 radical (unpaired) electrons. The molecule has 0 bridgehead atoms. The van der Waals surface area contributed by atoms with Gasteiger partial charge in [0.1, 0.15) is 0 Å². The fraction of sp³-hybridized carbons (Fsp3) is 0.333. The maximum atomic E-state index is 2.52. The summed E-state index contributed by atoms with van der Waals surface area (Å²) in [6.07, 6.45) is 3.86. The summed E-state index contributed by atoms with van der Waals surface area (Å²) in [7, 11) is -0.766. The highest BCUT2D eigenvalue weighted by Crippen LogP contribution is 2.43. The Morgan fingerprint density at radius 3 is 2.37 bits per heavy atom. The standard InChI is InChI=1S/C18H22Si/c1-19(2)18(14-15-8-4-3-5-9-15)13-12-16-10-6-7-11-17(16)18/h3-11,19H,12-14H2,1-2H3. The van der Waals surface area contributed by atoms with Crippen molar-refractivity contribution < 1.29 is 0 Å². The molecular formula is C18H22Si. The quantitative estimate of drug-likeness (QED) is 0.733. The normalized spacial score (nSPS) is 21.6. The molecule has 1 atom stereocenters. The molecule has 0 saturated carbocycles. The fourth-order valence-electron chi connectivity index (χ4n) is 3.66. The zero-order chi connectivity index (χ0) is 13.3. The van der Waals surface area contributed by atoms with Gasteiger partial charge in [0.05, 0.1) is 0 Å². The van der Waals surface area contributed by atoms with Crippen LogP contribution in [0.5, 0.6) is 0 Å². The van der Waals surface area contributed by atoms with Crippen molar-refractivity contribution in [2.75, 3.05) is 0 Å². The lowest BCUT2D eigenvalue weighted by atomic mass is 9.92. The van der Waals surface area contributed by atoms with Gasteiger partial charge in [-0.1, -0.05) is 67.7 Å². The van der Waals surface area contributed by atoms with Gasteiger partial charge < -0.3 is 0 Å². The van der Waals surface area contributed by atoms with Gasteiger partial charge in [-0.25, -0.2) is 0 Å². The molecule has 0 N–H and O–H groups in total. The SMILES string of the molecule is C[SiH](C)C1(Cc2ccccc2)CCc2ccccc21. The monoisotopic (exact) mass is 266 g/mol. The van der Waals surface area contributed by atoms with Gasteiger partial charge in [0.25, 0.3) is 0 Å². The number of aryl methyl sites for hydroxylation is 1. The maximum Gasteiger partial charge on any atom is 0.0431 e. The summed E-state index contributed by atoms with van der Waals surface area (Å²) in [5.41, 5.74) is 4.75. The van der Waals surface area contributed by atoms with Crippen molar-refractivity contribution in [3.8, 4) is 0 Å². The Kier molecular flexibility index (Phi) is 3.32. The van der Waals surface area contributed by atoms with Crippen LogP contribution in [-0.4, -0.2) is 8.80 Å². The van der Waals surface area contributed by atoms with Gasteiger partial charge in [0.15, 0.2) is 0 Å². The van der Waals surface area contributed by atoms with Crippen LogP contribution in [-0.2, 0) is 17.9 Å². The van der Waals surface area contributed by atoms with Crippen molar-refractivity contribution in [2.24, 2.45) is 0 Å². The van der Waals surface area contributed by atoms with Gasteiger partial charge in [0, 0.05) is 8.80 Å². The molecule has 0 aromatic heterocycles. The maximum absolute atomic E-state index is 2.52. The summed E-state index contributed by atoms with van der Waals surface area (Å²) in [5.74, 6) is 0. The van der Waals surface area contributed by atoms with E-state index in [1.807, 2.05) is 0 Å². The van der Waals surface area contributed by atoms with E-state index in [0.717, 1.165) is 0 Å². The third kappa shape index (κ3) is 2.16. The largest absolute Gasteiger partial charge is 0.0714 e. The molecule has 1 aliphatic carbocycles. The molecule has 0 fully saturated rings. The lowest BCUT2D eigenvalue weighted by Gasteiger charge is -2.34. The number of hydrogen-bond donors (Lipinski definition) is 0. The first kappa shape index (κ1) is 12.7. The minimum Gasteiger partial charge on any atom is -0.0714 e. The zero-order valence-corrected chi connectivity index (χ0v) is 13.0. The van der Waals surface area contributed by atoms with Crippen molar-refractivity contribution in [3.05, 3.63) is 71.3 Å². The Bertz CT molecular complexity index is 559. The van der Waals surface area contributed by atoms with Gasteiger partial charge in [-0.2, -0.15) is 0 Å². The molecule has 0 saturated heterocycles. The van der Waals surface area contributed by atoms with Crippen molar-refractivity contribution in [1.29, 1.82) is 0 Å². The first-order valence-corrected chi connectivity index (χ1v) is 10.2. The number of rotatable bonds is 3. The van der Waals surface area contributed by atoms with Crippen molar-refractivity contribution >= 4 is 8.80 Å². The fourth-order valence-corrected chi connectivity index (χ4v) is 5.93. The minimum atomic E-state index is -0.766. The second kappa shape index (κ2) is 4.97. The molecule has 19 heavy (non-hydrogen) atoms. The third-order valence-corrected chi connectivity index (χ3v) is 7.88. The zero-order valence-electron chi connectivity index (χ0n) is 11.9. The lowest BCUT2D eigenvalue weighted by molar-refractivity contribution is 0.579. The predicted molar refractivity (Wildman–Crippen MR) is 85.5 cm³/mol. The molecule has 0 spiro atoms. The van der Waals surface area contributed by atoms with E-state index in [2.05, 4.69) is 67.7 Å². The van der Waals surface area contributed by atoms with Crippen molar-refractivity contribution in [1.82, 2.24) is 0 Å². The average Bonchev–Trinajstić information content (AvgIpc) is 2.81. The lowest BCUT2D eigenvalue weighted by Crippen LogP contribution is -2.39. The molecular weight excluding hydrogens is 244 g/mol. The molecule has 0 nitrogen and oxygen atoms in total. The van der Waals surface area contributed by atoms with Crippen LogP contribution in [0.3, 0.4) is 0 Å². The number of fused-ring (bicyclic) bond motifs is 1. The molecule has 1 aliphatic rings. The van der Waals surface area contributed by atoms with Crippen LogP contribution in [0.1, 0.15) is 23.1 Å². The van der Waals surface area contributed by atoms with Crippen molar-refractivity contribution in [2.45, 2.75) is 37.4 Å². The van der Waals surface area contributed by atoms with E-state index in [-0.39, 0.29) is 0 Å². The van der Waals surface area contributed by atoms with Crippen LogP contribution in [0.2, 0.25) is 13.1 Å². The molecule has 0 aliphatic heterocycles. The summed E-state index contributed by atoms with van der Waals surface area (Å²) in [5, 5.41) is 0.470. The van der Waals surface area contributed by atoms with Crippen molar-refractivity contribution in [3.63, 3.8) is 0 Å². The average molecular weight is 266 g/mol. The first-order valence-electron chi connectivity index (χ1n) is 7.35. The minimum absolute atomic E-state index is 0.470. The van der Waals surface area contributed by atoms with E-state index in [1.165, 1.54) is 24.8 Å². The van der Waals surface area contributed by atoms with Gasteiger partial charge in [-0.15, -0.1) is 0 Å². The second-order valence-electron chi connectivity index (χ2n) is 6.13. The molecule has 0 heterocycles. The van der Waals surface area contributed by atoms with Crippen LogP contribution in [0, 0.1) is 0 Å². The molecule has 1 unspecified atom stereocenters. The predicted octanol–water partition coefficient (Wildman–Crippen LogP) is 4.14. The van der Waals surface area contributed by atoms with E-state index in [9.17, 15) is 0 Å². The van der Waals surface area contributed by atoms with Crippen LogP contribution in [0.15, 0.2) is 54.6 Å². The highest BCUT2D eigenvalue weighted by Gasteiger charge is 2.41. The van der Waals surface area contributed by atoms with Crippen LogP contribution in [0.25, 0.3) is 0 Å². The smallest absolute Gasteiger partial charge is 0.0431 e. The summed E-state index contributed by atoms with van der Waals surface area (Å²) >= 11 is 0. The van der Waals surface area contributed by atoms with E-state index in [1.54, 1.807) is 11.1 Å². The Morgan fingerprint density at radius 2 is 1.63 bits per heavy atom. The number of hydrogen-bond acceptors (Lipinski definition) is 0. The van der Waals surface area contributed by atoms with Crippen LogP contribution < -0.4 is 0 Å². The molecule has 98 valence electrons. The summed E-state index contributed by atoms with van der Waals surface area (Å²) < 4.78 is 0. The highest BCUT2D eigenvalue weighted by molar-refractivity contribution is 6.59. The molecule has 2 aromatic rings. The Morgan fingerprint density at radius 1 is 0.947 bits per heavy atom. The van der Waals surface area contributed by atoms with Gasteiger partial charge >= 0.3 is 0 Å². The molecule has 1 heteroatoms. The molecule has 3 rings (SSSR count). The Balaban J connectivity index is 2.03. The molecule has 2 aromatic carbocycles. The van der Waals surface area contributed by atoms with Crippen LogP contribution in [0.4, 0.5) is 0 Å². The summed E-state index contributed by atoms with van der Waals surface area (Å²) in [6, 6.07) is 20.2. The Labute approximate surface area is 118 Å². The van der Waals surface area contributed by atoms with Gasteiger partial charge in [-0.3, -0.25) is 0 Å². The van der Waals surface area contributed by atoms with Gasteiger partial charge in [-0.05, 0) is 41.0 Å². The highest BCUT2D eigenvalue weighted by atomic mass is 28.3. The number of benzene rings is 2. The Hall–Kier alpha value is -1.34. The summed E-state index contributed by atoms with van der Waals surface area (Å²) in [4.78, 5) is 0. The third-order valence-electron chi connectivity index (χ3n) is 4.86. The van der Waals surface area contributed by atoms with E-state index in [0.29, 0.717) is 5.04 Å². The topological polar surface area (TPSA) is 0 Å². The van der Waals surface area contributed by atoms with Crippen LogP contribution >= 0.6 is 0 Å². The molecule has 0 amide bonds. The first-order chi connectivity index (χ1) is 9.22.